The minimum absolute atomic E-state index is 0.0396. The maximum absolute atomic E-state index is 12.0. The molecule has 5 nitrogen and oxygen atoms in total. The molecule has 0 spiro atoms. The van der Waals surface area contributed by atoms with Crippen LogP contribution in [0.15, 0.2) is 23.4 Å². The number of nitrogens with one attached hydrogen (secondary N) is 1. The molecular formula is C8H4Cl3N3O2S2. The van der Waals surface area contributed by atoms with Crippen molar-refractivity contribution in [2.24, 2.45) is 0 Å². The number of sulfonamides is 1. The second-order valence-electron chi connectivity index (χ2n) is 3.02. The molecule has 10 heteroatoms. The van der Waals surface area contributed by atoms with Crippen LogP contribution < -0.4 is 4.72 Å². The van der Waals surface area contributed by atoms with Crippen molar-refractivity contribution in [1.29, 1.82) is 0 Å². The van der Waals surface area contributed by atoms with E-state index in [9.17, 15) is 8.42 Å². The van der Waals surface area contributed by atoms with Gasteiger partial charge in [-0.2, -0.15) is 0 Å². The lowest BCUT2D eigenvalue weighted by molar-refractivity contribution is 0.601. The van der Waals surface area contributed by atoms with E-state index in [0.29, 0.717) is 0 Å². The topological polar surface area (TPSA) is 72.0 Å². The molecule has 0 atom stereocenters. The fourth-order valence-corrected chi connectivity index (χ4v) is 4.31. The Balaban J connectivity index is 2.33. The minimum atomic E-state index is -3.84. The van der Waals surface area contributed by atoms with Gasteiger partial charge in [-0.15, -0.1) is 11.3 Å². The first-order valence-electron chi connectivity index (χ1n) is 4.34. The van der Waals surface area contributed by atoms with Crippen LogP contribution in [0.25, 0.3) is 0 Å². The van der Waals surface area contributed by atoms with Crippen molar-refractivity contribution in [2.75, 3.05) is 4.72 Å². The van der Waals surface area contributed by atoms with E-state index in [0.717, 1.165) is 11.3 Å². The second-order valence-corrected chi connectivity index (χ2v) is 7.34. The Bertz CT molecular complexity index is 669. The largest absolute Gasteiger partial charge is 0.265 e. The zero-order valence-electron chi connectivity index (χ0n) is 8.39. The van der Waals surface area contributed by atoms with Crippen LogP contribution in [-0.2, 0) is 10.0 Å². The van der Waals surface area contributed by atoms with Gasteiger partial charge in [0.05, 0.1) is 16.7 Å². The number of thiophene rings is 1. The lowest BCUT2D eigenvalue weighted by Gasteiger charge is -2.05. The molecule has 0 aromatic carbocycles. The highest BCUT2D eigenvalue weighted by Gasteiger charge is 2.21. The highest BCUT2D eigenvalue weighted by Crippen LogP contribution is 2.34. The molecule has 0 amide bonds. The normalized spacial score (nSPS) is 11.5. The standard InChI is InChI=1S/C8H4Cl3N3O2S2/c9-5-2-13-7(3-12-5)14-18(15,16)4-1-6(10)17-8(4)11/h1-3H,(H,13,14). The number of anilines is 1. The van der Waals surface area contributed by atoms with Gasteiger partial charge in [0.25, 0.3) is 10.0 Å². The first-order valence-corrected chi connectivity index (χ1v) is 7.77. The Kier molecular flexibility index (Phi) is 3.98. The SMILES string of the molecule is O=S(=O)(Nc1cnc(Cl)cn1)c1cc(Cl)sc1Cl. The Labute approximate surface area is 122 Å². The summed E-state index contributed by atoms with van der Waals surface area (Å²) in [4.78, 5) is 7.37. The van der Waals surface area contributed by atoms with E-state index in [2.05, 4.69) is 14.7 Å². The summed E-state index contributed by atoms with van der Waals surface area (Å²) >= 11 is 18.0. The Hall–Kier alpha value is -0.600. The van der Waals surface area contributed by atoms with Gasteiger partial charge in [0.2, 0.25) is 0 Å². The smallest absolute Gasteiger partial charge is 0.262 e. The predicted molar refractivity (Wildman–Crippen MR) is 72.2 cm³/mol. The molecule has 0 aliphatic carbocycles. The number of nitrogens with zero attached hydrogens (tertiary/aromatic N) is 2. The molecule has 0 saturated carbocycles. The van der Waals surface area contributed by atoms with Crippen molar-refractivity contribution in [3.63, 3.8) is 0 Å². The number of rotatable bonds is 3. The monoisotopic (exact) mass is 343 g/mol. The van der Waals surface area contributed by atoms with Gasteiger partial charge in [-0.05, 0) is 6.07 Å². The van der Waals surface area contributed by atoms with Crippen LogP contribution in [-0.4, -0.2) is 18.4 Å². The van der Waals surface area contributed by atoms with Crippen molar-refractivity contribution in [3.8, 4) is 0 Å². The molecule has 2 rings (SSSR count). The molecule has 2 aromatic heterocycles. The summed E-state index contributed by atoms with van der Waals surface area (Å²) in [5, 5.41) is 0.162. The lowest BCUT2D eigenvalue weighted by Crippen LogP contribution is -2.13. The van der Waals surface area contributed by atoms with Gasteiger partial charge in [-0.3, -0.25) is 4.72 Å². The molecular weight excluding hydrogens is 341 g/mol. The van der Waals surface area contributed by atoms with Gasteiger partial charge < -0.3 is 0 Å². The van der Waals surface area contributed by atoms with Crippen LogP contribution in [0.1, 0.15) is 0 Å². The van der Waals surface area contributed by atoms with Gasteiger partial charge in [-0.1, -0.05) is 34.8 Å². The fourth-order valence-electron chi connectivity index (χ4n) is 1.07. The number of aromatic nitrogens is 2. The Morgan fingerprint density at radius 1 is 1.17 bits per heavy atom. The number of hydrogen-bond acceptors (Lipinski definition) is 5. The molecule has 0 radical (unpaired) electrons. The molecule has 0 aliphatic heterocycles. The quantitative estimate of drug-likeness (QED) is 0.927. The van der Waals surface area contributed by atoms with E-state index in [4.69, 9.17) is 34.8 Å². The van der Waals surface area contributed by atoms with Gasteiger partial charge in [0.1, 0.15) is 14.4 Å². The first-order chi connectivity index (χ1) is 8.38. The van der Waals surface area contributed by atoms with Crippen molar-refractivity contribution in [1.82, 2.24) is 9.97 Å². The summed E-state index contributed by atoms with van der Waals surface area (Å²) in [5.74, 6) is 0.0396. The Morgan fingerprint density at radius 3 is 2.39 bits per heavy atom. The van der Waals surface area contributed by atoms with Gasteiger partial charge in [0, 0.05) is 0 Å². The maximum atomic E-state index is 12.0. The van der Waals surface area contributed by atoms with Crippen LogP contribution in [0.2, 0.25) is 13.8 Å². The average molecular weight is 345 g/mol. The van der Waals surface area contributed by atoms with Crippen molar-refractivity contribution >= 4 is 62.0 Å². The van der Waals surface area contributed by atoms with Crippen molar-refractivity contribution < 1.29 is 8.42 Å². The highest BCUT2D eigenvalue weighted by atomic mass is 35.5. The lowest BCUT2D eigenvalue weighted by atomic mass is 10.7. The summed E-state index contributed by atoms with van der Waals surface area (Å²) in [6, 6.07) is 1.26. The summed E-state index contributed by atoms with van der Waals surface area (Å²) < 4.78 is 26.5. The third kappa shape index (κ3) is 3.04. The van der Waals surface area contributed by atoms with Crippen LogP contribution in [0.4, 0.5) is 5.82 Å². The van der Waals surface area contributed by atoms with Crippen molar-refractivity contribution in [2.45, 2.75) is 4.90 Å². The summed E-state index contributed by atoms with van der Waals surface area (Å²) in [7, 11) is -3.84. The molecule has 2 aromatic rings. The average Bonchev–Trinajstić information content (AvgIpc) is 2.62. The third-order valence-corrected chi connectivity index (χ3v) is 5.08. The van der Waals surface area contributed by atoms with Crippen LogP contribution >= 0.6 is 46.1 Å². The van der Waals surface area contributed by atoms with Gasteiger partial charge >= 0.3 is 0 Å². The zero-order chi connectivity index (χ0) is 13.3. The van der Waals surface area contributed by atoms with E-state index in [1.165, 1.54) is 18.5 Å². The predicted octanol–water partition coefficient (Wildman–Crippen LogP) is 3.30. The summed E-state index contributed by atoms with van der Waals surface area (Å²) in [6.45, 7) is 0. The summed E-state index contributed by atoms with van der Waals surface area (Å²) in [5.41, 5.74) is 0. The molecule has 18 heavy (non-hydrogen) atoms. The van der Waals surface area contributed by atoms with E-state index in [-0.39, 0.29) is 24.5 Å². The fraction of sp³-hybridized carbons (Fsp3) is 0. The molecule has 0 aliphatic rings. The van der Waals surface area contributed by atoms with Crippen LogP contribution in [0.5, 0.6) is 0 Å². The molecule has 0 bridgehead atoms. The first kappa shape index (κ1) is 13.8. The number of halogens is 3. The van der Waals surface area contributed by atoms with Gasteiger partial charge in [0.15, 0.2) is 5.82 Å². The van der Waals surface area contributed by atoms with Crippen LogP contribution in [0.3, 0.4) is 0 Å². The highest BCUT2D eigenvalue weighted by molar-refractivity contribution is 7.93. The molecule has 0 fully saturated rings. The van der Waals surface area contributed by atoms with Gasteiger partial charge in [-0.25, -0.2) is 18.4 Å². The molecule has 96 valence electrons. The summed E-state index contributed by atoms with van der Waals surface area (Å²) in [6.07, 6.45) is 2.42. The Morgan fingerprint density at radius 2 is 1.89 bits per heavy atom. The number of hydrogen-bond donors (Lipinski definition) is 1. The molecule has 2 heterocycles. The third-order valence-electron chi connectivity index (χ3n) is 1.77. The van der Waals surface area contributed by atoms with E-state index < -0.39 is 10.0 Å². The van der Waals surface area contributed by atoms with Crippen molar-refractivity contribution in [3.05, 3.63) is 32.3 Å². The van der Waals surface area contributed by atoms with Crippen LogP contribution in [0, 0.1) is 0 Å². The van der Waals surface area contributed by atoms with E-state index in [1.807, 2.05) is 0 Å². The second kappa shape index (κ2) is 5.18. The molecule has 1 N–H and O–H groups in total. The van der Waals surface area contributed by atoms with E-state index >= 15 is 0 Å². The molecule has 0 saturated heterocycles. The minimum Gasteiger partial charge on any atom is -0.262 e. The molecule has 0 unspecified atom stereocenters. The van der Waals surface area contributed by atoms with E-state index in [1.54, 1.807) is 0 Å². The zero-order valence-corrected chi connectivity index (χ0v) is 12.3. The maximum Gasteiger partial charge on any atom is 0.265 e.